The number of ether oxygens (including phenoxy) is 1. The minimum Gasteiger partial charge on any atom is -0.493 e. The van der Waals surface area contributed by atoms with Crippen molar-refractivity contribution in [3.8, 4) is 18.1 Å². The lowest BCUT2D eigenvalue weighted by Crippen LogP contribution is -2.26. The van der Waals surface area contributed by atoms with Crippen LogP contribution in [0.3, 0.4) is 0 Å². The molecule has 0 aliphatic heterocycles. The molecule has 1 aromatic heterocycles. The van der Waals surface area contributed by atoms with Crippen LogP contribution in [0.15, 0.2) is 28.7 Å². The average molecular weight is 257 g/mol. The smallest absolute Gasteiger partial charge is 0.176 e. The minimum atomic E-state index is 0.0973. The number of terminal acetylenes is 1. The Morgan fingerprint density at radius 1 is 1.47 bits per heavy atom. The zero-order chi connectivity index (χ0) is 13.7. The molecule has 3 nitrogen and oxygen atoms in total. The molecule has 0 aliphatic carbocycles. The van der Waals surface area contributed by atoms with Gasteiger partial charge in [-0.25, -0.2) is 0 Å². The Morgan fingerprint density at radius 3 is 3.00 bits per heavy atom. The number of methoxy groups -OCH3 is 1. The largest absolute Gasteiger partial charge is 0.493 e. The third-order valence-corrected chi connectivity index (χ3v) is 3.08. The van der Waals surface area contributed by atoms with E-state index in [0.29, 0.717) is 6.54 Å². The monoisotopic (exact) mass is 257 g/mol. The van der Waals surface area contributed by atoms with Crippen molar-refractivity contribution in [2.75, 3.05) is 7.11 Å². The van der Waals surface area contributed by atoms with E-state index in [1.165, 1.54) is 0 Å². The summed E-state index contributed by atoms with van der Waals surface area (Å²) < 4.78 is 11.1. The second kappa shape index (κ2) is 6.31. The maximum atomic E-state index is 5.81. The number of hydrogen-bond acceptors (Lipinski definition) is 3. The van der Waals surface area contributed by atoms with Crippen molar-refractivity contribution in [3.63, 3.8) is 0 Å². The molecular weight excluding hydrogens is 238 g/mol. The lowest BCUT2D eigenvalue weighted by atomic mass is 10.2. The topological polar surface area (TPSA) is 34.4 Å². The number of furan rings is 1. The van der Waals surface area contributed by atoms with Crippen LogP contribution in [-0.2, 0) is 6.54 Å². The van der Waals surface area contributed by atoms with E-state index in [4.69, 9.17) is 15.6 Å². The Labute approximate surface area is 113 Å². The standard InChI is InChI=1S/C16H19NO2/c1-4-7-13(5-2)17-11-14-10-12-8-6-9-15(18-3)16(12)19-14/h2,6,8-10,13,17H,4,7,11H2,1,3H3. The van der Waals surface area contributed by atoms with Crippen LogP contribution in [0.25, 0.3) is 11.0 Å². The van der Waals surface area contributed by atoms with Crippen LogP contribution in [0.5, 0.6) is 5.75 Å². The summed E-state index contributed by atoms with van der Waals surface area (Å²) in [7, 11) is 1.64. The third-order valence-electron chi connectivity index (χ3n) is 3.08. The van der Waals surface area contributed by atoms with Crippen LogP contribution in [0.1, 0.15) is 25.5 Å². The molecular formula is C16H19NO2. The van der Waals surface area contributed by atoms with Gasteiger partial charge < -0.3 is 9.15 Å². The number of para-hydroxylation sites is 1. The zero-order valence-electron chi connectivity index (χ0n) is 11.4. The van der Waals surface area contributed by atoms with Crippen molar-refractivity contribution in [1.82, 2.24) is 5.32 Å². The van der Waals surface area contributed by atoms with Gasteiger partial charge in [0.1, 0.15) is 5.76 Å². The van der Waals surface area contributed by atoms with E-state index in [1.54, 1.807) is 7.11 Å². The molecule has 19 heavy (non-hydrogen) atoms. The van der Waals surface area contributed by atoms with E-state index >= 15 is 0 Å². The van der Waals surface area contributed by atoms with E-state index < -0.39 is 0 Å². The molecule has 100 valence electrons. The van der Waals surface area contributed by atoms with Gasteiger partial charge in [-0.05, 0) is 18.6 Å². The molecule has 1 unspecified atom stereocenters. The SMILES string of the molecule is C#CC(CCC)NCc1cc2cccc(OC)c2o1. The van der Waals surface area contributed by atoms with Crippen LogP contribution >= 0.6 is 0 Å². The first-order chi connectivity index (χ1) is 9.28. The maximum absolute atomic E-state index is 5.81. The zero-order valence-corrected chi connectivity index (χ0v) is 11.4. The normalized spacial score (nSPS) is 12.3. The van der Waals surface area contributed by atoms with E-state index in [-0.39, 0.29) is 6.04 Å². The first kappa shape index (κ1) is 13.5. The van der Waals surface area contributed by atoms with Crippen LogP contribution in [0.4, 0.5) is 0 Å². The Balaban J connectivity index is 2.12. The van der Waals surface area contributed by atoms with Gasteiger partial charge in [0.05, 0.1) is 19.7 Å². The highest BCUT2D eigenvalue weighted by atomic mass is 16.5. The van der Waals surface area contributed by atoms with Crippen LogP contribution in [-0.4, -0.2) is 13.2 Å². The van der Waals surface area contributed by atoms with E-state index in [2.05, 4.69) is 18.2 Å². The second-order valence-corrected chi connectivity index (χ2v) is 4.48. The van der Waals surface area contributed by atoms with Gasteiger partial charge in [-0.2, -0.15) is 0 Å². The summed E-state index contributed by atoms with van der Waals surface area (Å²) in [6.45, 7) is 2.75. The highest BCUT2D eigenvalue weighted by molar-refractivity contribution is 5.83. The summed E-state index contributed by atoms with van der Waals surface area (Å²) in [6.07, 6.45) is 7.52. The summed E-state index contributed by atoms with van der Waals surface area (Å²) in [5, 5.41) is 4.36. The number of benzene rings is 1. The minimum absolute atomic E-state index is 0.0973. The number of fused-ring (bicyclic) bond motifs is 1. The van der Waals surface area contributed by atoms with Crippen molar-refractivity contribution in [2.24, 2.45) is 0 Å². The van der Waals surface area contributed by atoms with Gasteiger partial charge in [0.2, 0.25) is 0 Å². The number of nitrogens with one attached hydrogen (secondary N) is 1. The van der Waals surface area contributed by atoms with E-state index in [0.717, 1.165) is 35.3 Å². The number of rotatable bonds is 6. The summed E-state index contributed by atoms with van der Waals surface area (Å²) >= 11 is 0. The summed E-state index contributed by atoms with van der Waals surface area (Å²) in [5.41, 5.74) is 0.787. The molecule has 1 atom stereocenters. The van der Waals surface area contributed by atoms with E-state index in [1.807, 2.05) is 24.3 Å². The second-order valence-electron chi connectivity index (χ2n) is 4.48. The van der Waals surface area contributed by atoms with E-state index in [9.17, 15) is 0 Å². The summed E-state index contributed by atoms with van der Waals surface area (Å²) in [5.74, 6) is 4.38. The average Bonchev–Trinajstić information content (AvgIpc) is 2.86. The summed E-state index contributed by atoms with van der Waals surface area (Å²) in [6, 6.07) is 7.97. The predicted molar refractivity (Wildman–Crippen MR) is 77.1 cm³/mol. The van der Waals surface area contributed by atoms with Gasteiger partial charge in [-0.1, -0.05) is 31.4 Å². The van der Waals surface area contributed by atoms with Gasteiger partial charge in [-0.3, -0.25) is 5.32 Å². The van der Waals surface area contributed by atoms with Crippen LogP contribution in [0, 0.1) is 12.3 Å². The highest BCUT2D eigenvalue weighted by Crippen LogP contribution is 2.28. The predicted octanol–water partition coefficient (Wildman–Crippen LogP) is 3.33. The Hall–Kier alpha value is -1.92. The summed E-state index contributed by atoms with van der Waals surface area (Å²) in [4.78, 5) is 0. The molecule has 0 spiro atoms. The molecule has 0 bridgehead atoms. The fourth-order valence-corrected chi connectivity index (χ4v) is 2.09. The van der Waals surface area contributed by atoms with Crippen molar-refractivity contribution >= 4 is 11.0 Å². The first-order valence-electron chi connectivity index (χ1n) is 6.53. The van der Waals surface area contributed by atoms with Crippen molar-refractivity contribution in [1.29, 1.82) is 0 Å². The molecule has 0 radical (unpaired) electrons. The third kappa shape index (κ3) is 3.10. The Bertz CT molecular complexity index is 580. The molecule has 0 aliphatic rings. The van der Waals surface area contributed by atoms with Gasteiger partial charge in [0.15, 0.2) is 11.3 Å². The molecule has 1 N–H and O–H groups in total. The Morgan fingerprint density at radius 2 is 2.32 bits per heavy atom. The van der Waals surface area contributed by atoms with Gasteiger partial charge in [-0.15, -0.1) is 6.42 Å². The lowest BCUT2D eigenvalue weighted by Gasteiger charge is -2.09. The Kier molecular flexibility index (Phi) is 4.48. The first-order valence-corrected chi connectivity index (χ1v) is 6.53. The molecule has 3 heteroatoms. The fraction of sp³-hybridized carbons (Fsp3) is 0.375. The van der Waals surface area contributed by atoms with Gasteiger partial charge in [0.25, 0.3) is 0 Å². The highest BCUT2D eigenvalue weighted by Gasteiger charge is 2.09. The molecule has 0 amide bonds. The molecule has 0 saturated carbocycles. The lowest BCUT2D eigenvalue weighted by molar-refractivity contribution is 0.405. The van der Waals surface area contributed by atoms with Gasteiger partial charge in [0, 0.05) is 5.39 Å². The molecule has 1 heterocycles. The molecule has 2 aromatic rings. The maximum Gasteiger partial charge on any atom is 0.176 e. The van der Waals surface area contributed by atoms with Crippen molar-refractivity contribution in [3.05, 3.63) is 30.0 Å². The van der Waals surface area contributed by atoms with Crippen LogP contribution in [0.2, 0.25) is 0 Å². The van der Waals surface area contributed by atoms with Crippen molar-refractivity contribution < 1.29 is 9.15 Å². The van der Waals surface area contributed by atoms with Gasteiger partial charge >= 0.3 is 0 Å². The quantitative estimate of drug-likeness (QED) is 0.806. The van der Waals surface area contributed by atoms with Crippen molar-refractivity contribution in [2.45, 2.75) is 32.4 Å². The number of hydrogen-bond donors (Lipinski definition) is 1. The fourth-order valence-electron chi connectivity index (χ4n) is 2.09. The molecule has 2 rings (SSSR count). The molecule has 0 saturated heterocycles. The van der Waals surface area contributed by atoms with Crippen LogP contribution < -0.4 is 10.1 Å². The molecule has 0 fully saturated rings. The molecule has 1 aromatic carbocycles.